The van der Waals surface area contributed by atoms with Crippen molar-refractivity contribution in [3.63, 3.8) is 0 Å². The summed E-state index contributed by atoms with van der Waals surface area (Å²) in [4.78, 5) is 16.4. The Hall–Kier alpha value is -0.590. The monoisotopic (exact) mass is 299 g/mol. The van der Waals surface area contributed by atoms with E-state index in [1.165, 1.54) is 24.2 Å². The van der Waals surface area contributed by atoms with Crippen LogP contribution in [0.2, 0.25) is 0 Å². The van der Waals surface area contributed by atoms with Gasteiger partial charge in [-0.2, -0.15) is 11.8 Å². The first-order valence-corrected chi connectivity index (χ1v) is 8.87. The molecular weight excluding hydrogens is 278 g/mol. The highest BCUT2D eigenvalue weighted by atomic mass is 32.2. The van der Waals surface area contributed by atoms with Gasteiger partial charge >= 0.3 is 0 Å². The van der Waals surface area contributed by atoms with Crippen LogP contribution in [0.3, 0.4) is 0 Å². The second kappa shape index (κ2) is 7.26. The number of carbonyl (C=O) groups is 1. The molecule has 6 heteroatoms. The van der Waals surface area contributed by atoms with Crippen molar-refractivity contribution in [3.05, 3.63) is 16.1 Å². The molecule has 0 aromatic carbocycles. The van der Waals surface area contributed by atoms with Gasteiger partial charge in [0.05, 0.1) is 5.01 Å². The average Bonchev–Trinajstić information content (AvgIpc) is 2.88. The molecule has 1 aliphatic carbocycles. The third-order valence-corrected chi connectivity index (χ3v) is 5.44. The molecule has 19 heavy (non-hydrogen) atoms. The molecule has 4 nitrogen and oxygen atoms in total. The zero-order chi connectivity index (χ0) is 13.7. The van der Waals surface area contributed by atoms with Crippen LogP contribution in [-0.2, 0) is 6.42 Å². The van der Waals surface area contributed by atoms with Crippen LogP contribution in [0.5, 0.6) is 0 Å². The van der Waals surface area contributed by atoms with Gasteiger partial charge in [-0.1, -0.05) is 6.42 Å². The highest BCUT2D eigenvalue weighted by molar-refractivity contribution is 7.99. The Kier molecular flexibility index (Phi) is 5.66. The van der Waals surface area contributed by atoms with E-state index in [1.54, 1.807) is 0 Å². The lowest BCUT2D eigenvalue weighted by atomic mass is 9.95. The van der Waals surface area contributed by atoms with Crippen molar-refractivity contribution in [3.8, 4) is 0 Å². The third-order valence-electron chi connectivity index (χ3n) is 3.44. The van der Waals surface area contributed by atoms with Gasteiger partial charge in [0, 0.05) is 23.1 Å². The van der Waals surface area contributed by atoms with Crippen LogP contribution in [0.4, 0.5) is 0 Å². The zero-order valence-corrected chi connectivity index (χ0v) is 12.9. The molecule has 1 saturated carbocycles. The molecule has 1 heterocycles. The number of thiazole rings is 1. The van der Waals surface area contributed by atoms with E-state index in [-0.39, 0.29) is 5.91 Å². The molecule has 2 rings (SSSR count). The number of aromatic nitrogens is 1. The Morgan fingerprint density at radius 2 is 2.47 bits per heavy atom. The lowest BCUT2D eigenvalue weighted by molar-refractivity contribution is 0.0924. The molecule has 1 fully saturated rings. The molecule has 2 unspecified atom stereocenters. The molecule has 1 amide bonds. The average molecular weight is 299 g/mol. The smallest absolute Gasteiger partial charge is 0.270 e. The van der Waals surface area contributed by atoms with Crippen molar-refractivity contribution < 1.29 is 4.79 Å². The predicted molar refractivity (Wildman–Crippen MR) is 81.9 cm³/mol. The van der Waals surface area contributed by atoms with E-state index in [1.807, 2.05) is 17.1 Å². The fourth-order valence-corrected chi connectivity index (χ4v) is 4.02. The van der Waals surface area contributed by atoms with Crippen LogP contribution < -0.4 is 11.1 Å². The molecule has 3 N–H and O–H groups in total. The number of hydrogen-bond donors (Lipinski definition) is 2. The third kappa shape index (κ3) is 4.19. The number of hydrogen-bond acceptors (Lipinski definition) is 5. The van der Waals surface area contributed by atoms with Crippen LogP contribution in [0.15, 0.2) is 5.38 Å². The van der Waals surface area contributed by atoms with Crippen molar-refractivity contribution in [2.24, 2.45) is 5.73 Å². The maximum atomic E-state index is 12.1. The van der Waals surface area contributed by atoms with Gasteiger partial charge in [-0.3, -0.25) is 4.79 Å². The number of rotatable bonds is 5. The summed E-state index contributed by atoms with van der Waals surface area (Å²) in [6.07, 6.45) is 7.52. The lowest BCUT2D eigenvalue weighted by Gasteiger charge is -2.28. The van der Waals surface area contributed by atoms with Crippen LogP contribution >= 0.6 is 23.1 Å². The number of carbonyl (C=O) groups excluding carboxylic acids is 1. The van der Waals surface area contributed by atoms with E-state index in [0.717, 1.165) is 24.3 Å². The normalized spacial score (nSPS) is 23.3. The van der Waals surface area contributed by atoms with E-state index in [2.05, 4.69) is 16.6 Å². The zero-order valence-electron chi connectivity index (χ0n) is 11.2. The number of nitrogens with one attached hydrogen (secondary N) is 1. The molecule has 0 saturated heterocycles. The number of nitrogens with zero attached hydrogens (tertiary/aromatic N) is 1. The van der Waals surface area contributed by atoms with E-state index in [0.29, 0.717) is 23.5 Å². The van der Waals surface area contributed by atoms with Gasteiger partial charge in [0.25, 0.3) is 5.91 Å². The minimum Gasteiger partial charge on any atom is -0.348 e. The molecule has 1 aliphatic rings. The van der Waals surface area contributed by atoms with Crippen molar-refractivity contribution in [1.29, 1.82) is 0 Å². The summed E-state index contributed by atoms with van der Waals surface area (Å²) < 4.78 is 0. The summed E-state index contributed by atoms with van der Waals surface area (Å²) >= 11 is 3.42. The van der Waals surface area contributed by atoms with Gasteiger partial charge in [-0.05, 0) is 32.1 Å². The maximum absolute atomic E-state index is 12.1. The molecule has 0 radical (unpaired) electrons. The van der Waals surface area contributed by atoms with Gasteiger partial charge in [0.1, 0.15) is 5.69 Å². The predicted octanol–water partition coefficient (Wildman–Crippen LogP) is 2.05. The highest BCUT2D eigenvalue weighted by Crippen LogP contribution is 2.27. The van der Waals surface area contributed by atoms with Crippen molar-refractivity contribution >= 4 is 29.0 Å². The van der Waals surface area contributed by atoms with Gasteiger partial charge in [0.15, 0.2) is 0 Å². The number of nitrogens with two attached hydrogens (primary N) is 1. The van der Waals surface area contributed by atoms with Crippen molar-refractivity contribution in [2.45, 2.75) is 43.4 Å². The number of amides is 1. The second-order valence-electron chi connectivity index (χ2n) is 4.86. The Balaban J connectivity index is 1.88. The first-order valence-electron chi connectivity index (χ1n) is 6.71. The molecule has 1 aromatic rings. The maximum Gasteiger partial charge on any atom is 0.270 e. The first-order chi connectivity index (χ1) is 9.22. The summed E-state index contributed by atoms with van der Waals surface area (Å²) in [6.45, 7) is 0.576. The largest absolute Gasteiger partial charge is 0.348 e. The van der Waals surface area contributed by atoms with Gasteiger partial charge in [-0.15, -0.1) is 11.3 Å². The summed E-state index contributed by atoms with van der Waals surface area (Å²) in [7, 11) is 0. The standard InChI is InChI=1S/C13H21N3OS2/c1-18-10-4-2-3-9(7-10)15-13(17)11-8-19-12(16-11)5-6-14/h8-10H,2-7,14H2,1H3,(H,15,17). The molecule has 0 aliphatic heterocycles. The fourth-order valence-electron chi connectivity index (χ4n) is 2.40. The molecule has 0 bridgehead atoms. The fraction of sp³-hybridized carbons (Fsp3) is 0.692. The van der Waals surface area contributed by atoms with Crippen LogP contribution in [0.1, 0.15) is 41.2 Å². The SMILES string of the molecule is CSC1CCCC(NC(=O)c2csc(CCN)n2)C1. The second-order valence-corrected chi connectivity index (χ2v) is 6.94. The molecular formula is C13H21N3OS2. The molecule has 1 aromatic heterocycles. The van der Waals surface area contributed by atoms with Gasteiger partial charge < -0.3 is 11.1 Å². The van der Waals surface area contributed by atoms with E-state index in [4.69, 9.17) is 5.73 Å². The van der Waals surface area contributed by atoms with Crippen LogP contribution in [0, 0.1) is 0 Å². The lowest BCUT2D eigenvalue weighted by Crippen LogP contribution is -2.39. The highest BCUT2D eigenvalue weighted by Gasteiger charge is 2.23. The molecule has 0 spiro atoms. The van der Waals surface area contributed by atoms with E-state index in [9.17, 15) is 4.79 Å². The van der Waals surface area contributed by atoms with E-state index < -0.39 is 0 Å². The summed E-state index contributed by atoms with van der Waals surface area (Å²) in [5.41, 5.74) is 6.03. The van der Waals surface area contributed by atoms with Crippen LogP contribution in [-0.4, -0.2) is 35.0 Å². The van der Waals surface area contributed by atoms with E-state index >= 15 is 0 Å². The van der Waals surface area contributed by atoms with Crippen LogP contribution in [0.25, 0.3) is 0 Å². The number of thioether (sulfide) groups is 1. The van der Waals surface area contributed by atoms with Crippen molar-refractivity contribution in [2.75, 3.05) is 12.8 Å². The summed E-state index contributed by atoms with van der Waals surface area (Å²) in [5, 5.41) is 6.57. The molecule has 2 atom stereocenters. The Bertz CT molecular complexity index is 422. The first kappa shape index (κ1) is 14.8. The van der Waals surface area contributed by atoms with Gasteiger partial charge in [0.2, 0.25) is 0 Å². The Labute approximate surface area is 122 Å². The summed E-state index contributed by atoms with van der Waals surface area (Å²) in [5.74, 6) is -0.0359. The quantitative estimate of drug-likeness (QED) is 0.873. The summed E-state index contributed by atoms with van der Waals surface area (Å²) in [6, 6.07) is 0.304. The minimum absolute atomic E-state index is 0.0359. The van der Waals surface area contributed by atoms with Crippen molar-refractivity contribution in [1.82, 2.24) is 10.3 Å². The minimum atomic E-state index is -0.0359. The van der Waals surface area contributed by atoms with Gasteiger partial charge in [-0.25, -0.2) is 4.98 Å². The topological polar surface area (TPSA) is 68.0 Å². The Morgan fingerprint density at radius 1 is 1.63 bits per heavy atom. The molecule has 106 valence electrons. The Morgan fingerprint density at radius 3 is 3.21 bits per heavy atom.